The van der Waals surface area contributed by atoms with Crippen LogP contribution >= 0.6 is 0 Å². The second-order valence-electron chi connectivity index (χ2n) is 7.19. The van der Waals surface area contributed by atoms with Crippen molar-refractivity contribution in [1.29, 1.82) is 0 Å². The number of sulfonamides is 1. The van der Waals surface area contributed by atoms with Gasteiger partial charge in [-0.3, -0.25) is 9.59 Å². The van der Waals surface area contributed by atoms with E-state index < -0.39 is 15.3 Å². The average Bonchev–Trinajstić information content (AvgIpc) is 2.78. The fraction of sp³-hybridized carbons (Fsp3) is 0.500. The fourth-order valence-electron chi connectivity index (χ4n) is 3.59. The van der Waals surface area contributed by atoms with Gasteiger partial charge in [0.25, 0.3) is 5.91 Å². The van der Waals surface area contributed by atoms with E-state index in [2.05, 4.69) is 11.9 Å². The van der Waals surface area contributed by atoms with E-state index in [1.807, 2.05) is 0 Å². The van der Waals surface area contributed by atoms with Crippen LogP contribution in [0.15, 0.2) is 36.9 Å². The molecule has 2 aliphatic rings. The number of piperidine rings is 1. The fourth-order valence-corrected chi connectivity index (χ4v) is 5.50. The lowest BCUT2D eigenvalue weighted by Crippen LogP contribution is -2.51. The van der Waals surface area contributed by atoms with Gasteiger partial charge in [-0.1, -0.05) is 18.7 Å². The van der Waals surface area contributed by atoms with Crippen LogP contribution in [-0.4, -0.2) is 74.1 Å². The molecule has 2 saturated heterocycles. The summed E-state index contributed by atoms with van der Waals surface area (Å²) in [7, 11) is -3.45. The first-order chi connectivity index (χ1) is 13.9. The van der Waals surface area contributed by atoms with Crippen molar-refractivity contribution < 1.29 is 22.7 Å². The number of nitrogens with one attached hydrogen (secondary N) is 1. The van der Waals surface area contributed by atoms with Gasteiger partial charge in [0.05, 0.1) is 18.5 Å². The highest BCUT2D eigenvalue weighted by molar-refractivity contribution is 7.89. The van der Waals surface area contributed by atoms with Gasteiger partial charge >= 0.3 is 0 Å². The molecule has 1 unspecified atom stereocenters. The number of carbonyl (C=O) groups is 2. The number of rotatable bonds is 6. The van der Waals surface area contributed by atoms with Gasteiger partial charge in [-0.15, -0.1) is 0 Å². The van der Waals surface area contributed by atoms with Crippen molar-refractivity contribution in [3.8, 4) is 0 Å². The number of hydrogen-bond donors (Lipinski definition) is 1. The first kappa shape index (κ1) is 21.5. The second-order valence-corrected chi connectivity index (χ2v) is 9.40. The van der Waals surface area contributed by atoms with Crippen LogP contribution in [0.4, 0.5) is 0 Å². The summed E-state index contributed by atoms with van der Waals surface area (Å²) in [5.74, 6) is -0.431. The molecular formula is C20H27N3O5S. The number of carbonyl (C=O) groups excluding carboxylic acids is 2. The van der Waals surface area contributed by atoms with Gasteiger partial charge in [-0.2, -0.15) is 4.31 Å². The van der Waals surface area contributed by atoms with Crippen molar-refractivity contribution in [2.24, 2.45) is 0 Å². The maximum absolute atomic E-state index is 12.9. The van der Waals surface area contributed by atoms with Crippen molar-refractivity contribution >= 4 is 21.8 Å². The normalized spacial score (nSPS) is 20.8. The number of ether oxygens (including phenoxy) is 1. The minimum Gasteiger partial charge on any atom is -0.379 e. The van der Waals surface area contributed by atoms with Crippen LogP contribution < -0.4 is 5.32 Å². The van der Waals surface area contributed by atoms with E-state index in [-0.39, 0.29) is 18.4 Å². The van der Waals surface area contributed by atoms with Gasteiger partial charge in [0.1, 0.15) is 0 Å². The lowest BCUT2D eigenvalue weighted by atomic mass is 10.1. The second kappa shape index (κ2) is 9.51. The predicted molar refractivity (Wildman–Crippen MR) is 109 cm³/mol. The van der Waals surface area contributed by atoms with Gasteiger partial charge in [0, 0.05) is 38.3 Å². The van der Waals surface area contributed by atoms with E-state index in [1.165, 1.54) is 10.4 Å². The molecular weight excluding hydrogens is 394 g/mol. The zero-order valence-corrected chi connectivity index (χ0v) is 17.2. The monoisotopic (exact) mass is 421 g/mol. The summed E-state index contributed by atoms with van der Waals surface area (Å²) in [6.45, 7) is 6.07. The number of morpholine rings is 1. The minimum absolute atomic E-state index is 0.173. The summed E-state index contributed by atoms with van der Waals surface area (Å²) in [4.78, 5) is 25.8. The van der Waals surface area contributed by atoms with Crippen LogP contribution in [0.3, 0.4) is 0 Å². The molecule has 0 saturated carbocycles. The predicted octanol–water partition coefficient (Wildman–Crippen LogP) is 0.755. The molecule has 2 heterocycles. The topological polar surface area (TPSA) is 96.0 Å². The Morgan fingerprint density at radius 1 is 1.17 bits per heavy atom. The molecule has 158 valence electrons. The molecule has 1 aromatic carbocycles. The summed E-state index contributed by atoms with van der Waals surface area (Å²) >= 11 is 0. The summed E-state index contributed by atoms with van der Waals surface area (Å²) in [6, 6.07) is 6.97. The standard InChI is InChI=1S/C20H27N3O5S/c1-2-19(24)21-14-16-5-7-17(8-6-16)20(25)22-9-3-4-18(15-22)29(26,27)23-10-12-28-13-11-23/h2,5-8,18H,1,3-4,9-15H2,(H,21,24). The minimum atomic E-state index is -3.45. The Kier molecular flexibility index (Phi) is 7.05. The summed E-state index contributed by atoms with van der Waals surface area (Å²) < 4.78 is 32.6. The third kappa shape index (κ3) is 5.23. The van der Waals surface area contributed by atoms with Crippen molar-refractivity contribution in [2.45, 2.75) is 24.6 Å². The molecule has 1 N–H and O–H groups in total. The van der Waals surface area contributed by atoms with Gasteiger partial charge in [0.15, 0.2) is 0 Å². The zero-order chi connectivity index (χ0) is 20.9. The Balaban J connectivity index is 1.63. The molecule has 0 spiro atoms. The van der Waals surface area contributed by atoms with Gasteiger partial charge in [-0.25, -0.2) is 8.42 Å². The summed E-state index contributed by atoms with van der Waals surface area (Å²) in [6.07, 6.45) is 2.42. The highest BCUT2D eigenvalue weighted by atomic mass is 32.2. The lowest BCUT2D eigenvalue weighted by Gasteiger charge is -2.36. The van der Waals surface area contributed by atoms with Crippen LogP contribution in [0.1, 0.15) is 28.8 Å². The first-order valence-corrected chi connectivity index (χ1v) is 11.3. The third-order valence-corrected chi connectivity index (χ3v) is 7.58. The highest BCUT2D eigenvalue weighted by Gasteiger charge is 2.37. The Hall–Kier alpha value is -2.23. The van der Waals surface area contributed by atoms with E-state index >= 15 is 0 Å². The molecule has 1 atom stereocenters. The van der Waals surface area contributed by atoms with Crippen molar-refractivity contribution in [3.63, 3.8) is 0 Å². The number of nitrogens with zero attached hydrogens (tertiary/aromatic N) is 2. The lowest BCUT2D eigenvalue weighted by molar-refractivity contribution is -0.116. The molecule has 0 bridgehead atoms. The van der Waals surface area contributed by atoms with Crippen molar-refractivity contribution in [2.75, 3.05) is 39.4 Å². The van der Waals surface area contributed by atoms with Crippen LogP contribution in [0, 0.1) is 0 Å². The van der Waals surface area contributed by atoms with E-state index in [0.717, 1.165) is 5.56 Å². The molecule has 29 heavy (non-hydrogen) atoms. The smallest absolute Gasteiger partial charge is 0.253 e. The molecule has 2 fully saturated rings. The Morgan fingerprint density at radius 3 is 2.52 bits per heavy atom. The van der Waals surface area contributed by atoms with E-state index in [9.17, 15) is 18.0 Å². The van der Waals surface area contributed by atoms with Crippen LogP contribution in [0.5, 0.6) is 0 Å². The first-order valence-electron chi connectivity index (χ1n) is 9.77. The quantitative estimate of drug-likeness (QED) is 0.684. The van der Waals surface area contributed by atoms with Crippen molar-refractivity contribution in [1.82, 2.24) is 14.5 Å². The number of benzene rings is 1. The zero-order valence-electron chi connectivity index (χ0n) is 16.4. The number of likely N-dealkylation sites (tertiary alicyclic amines) is 1. The maximum Gasteiger partial charge on any atom is 0.253 e. The average molecular weight is 422 g/mol. The molecule has 2 amide bonds. The summed E-state index contributed by atoms with van der Waals surface area (Å²) in [5.41, 5.74) is 1.37. The summed E-state index contributed by atoms with van der Waals surface area (Å²) in [5, 5.41) is 2.10. The van der Waals surface area contributed by atoms with Crippen molar-refractivity contribution in [3.05, 3.63) is 48.0 Å². The van der Waals surface area contributed by atoms with E-state index in [0.29, 0.717) is 57.8 Å². The van der Waals surface area contributed by atoms with Gasteiger partial charge in [0.2, 0.25) is 15.9 Å². The molecule has 2 aliphatic heterocycles. The third-order valence-electron chi connectivity index (χ3n) is 5.27. The maximum atomic E-state index is 12.9. The van der Waals surface area contributed by atoms with Crippen LogP contribution in [-0.2, 0) is 26.1 Å². The molecule has 8 nitrogen and oxygen atoms in total. The molecule has 0 radical (unpaired) electrons. The molecule has 3 rings (SSSR count). The molecule has 0 aromatic heterocycles. The number of hydrogen-bond acceptors (Lipinski definition) is 5. The molecule has 0 aliphatic carbocycles. The van der Waals surface area contributed by atoms with Gasteiger partial charge in [-0.05, 0) is 36.6 Å². The Morgan fingerprint density at radius 2 is 1.86 bits per heavy atom. The molecule has 1 aromatic rings. The van der Waals surface area contributed by atoms with Crippen LogP contribution in [0.25, 0.3) is 0 Å². The molecule has 9 heteroatoms. The Bertz CT molecular complexity index is 847. The highest BCUT2D eigenvalue weighted by Crippen LogP contribution is 2.22. The van der Waals surface area contributed by atoms with Crippen LogP contribution in [0.2, 0.25) is 0 Å². The number of amides is 2. The largest absolute Gasteiger partial charge is 0.379 e. The Labute approximate surface area is 171 Å². The SMILES string of the molecule is C=CC(=O)NCc1ccc(C(=O)N2CCCC(S(=O)(=O)N3CCOCC3)C2)cc1. The van der Waals surface area contributed by atoms with Gasteiger partial charge < -0.3 is 15.0 Å². The van der Waals surface area contributed by atoms with E-state index in [1.54, 1.807) is 29.2 Å². The van der Waals surface area contributed by atoms with E-state index in [4.69, 9.17) is 4.74 Å².